The molecule has 2 atom stereocenters. The number of benzene rings is 2. The van der Waals surface area contributed by atoms with E-state index in [-0.39, 0.29) is 6.42 Å². The zero-order chi connectivity index (χ0) is 17.4. The Morgan fingerprint density at radius 2 is 1.80 bits per heavy atom. The van der Waals surface area contributed by atoms with Crippen LogP contribution in [0.2, 0.25) is 0 Å². The van der Waals surface area contributed by atoms with Crippen molar-refractivity contribution in [2.45, 2.75) is 24.6 Å². The van der Waals surface area contributed by atoms with E-state index in [1.54, 1.807) is 24.3 Å². The highest BCUT2D eigenvalue weighted by molar-refractivity contribution is 5.91. The molecular formula is C20H17NO4. The van der Waals surface area contributed by atoms with Crippen molar-refractivity contribution in [2.24, 2.45) is 0 Å². The van der Waals surface area contributed by atoms with Gasteiger partial charge < -0.3 is 9.47 Å². The number of carbonyl (C=O) groups is 2. The molecule has 2 aliphatic heterocycles. The molecule has 2 aliphatic rings. The molecular weight excluding hydrogens is 318 g/mol. The van der Waals surface area contributed by atoms with E-state index in [4.69, 9.17) is 9.47 Å². The molecule has 0 aliphatic carbocycles. The second kappa shape index (κ2) is 5.77. The molecule has 0 N–H and O–H groups in total. The molecule has 0 bridgehead atoms. The number of esters is 1. The number of amides is 1. The van der Waals surface area contributed by atoms with Crippen LogP contribution in [0.1, 0.15) is 23.8 Å². The van der Waals surface area contributed by atoms with Crippen LogP contribution in [0.15, 0.2) is 67.3 Å². The second-order valence-electron chi connectivity index (χ2n) is 6.22. The first-order chi connectivity index (χ1) is 12.2. The minimum atomic E-state index is -1.15. The van der Waals surface area contributed by atoms with Crippen molar-refractivity contribution in [3.8, 4) is 5.75 Å². The number of ether oxygens (including phenoxy) is 2. The fourth-order valence-corrected chi connectivity index (χ4v) is 3.56. The molecule has 0 radical (unpaired) electrons. The van der Waals surface area contributed by atoms with Crippen LogP contribution in [0.3, 0.4) is 0 Å². The molecule has 2 aromatic carbocycles. The Balaban J connectivity index is 1.81. The van der Waals surface area contributed by atoms with Crippen LogP contribution in [-0.4, -0.2) is 22.5 Å². The summed E-state index contributed by atoms with van der Waals surface area (Å²) in [5, 5.41) is 0. The molecule has 2 aromatic rings. The van der Waals surface area contributed by atoms with Crippen molar-refractivity contribution in [3.63, 3.8) is 0 Å². The third-order valence-electron chi connectivity index (χ3n) is 4.69. The smallest absolute Gasteiger partial charge is 0.419 e. The molecule has 1 saturated heterocycles. The second-order valence-corrected chi connectivity index (χ2v) is 6.22. The molecule has 0 unspecified atom stereocenters. The quantitative estimate of drug-likeness (QED) is 0.633. The topological polar surface area (TPSA) is 55.8 Å². The van der Waals surface area contributed by atoms with Crippen molar-refractivity contribution in [2.75, 3.05) is 0 Å². The zero-order valence-electron chi connectivity index (χ0n) is 13.6. The summed E-state index contributed by atoms with van der Waals surface area (Å²) in [6.07, 6.45) is 0.919. The van der Waals surface area contributed by atoms with Gasteiger partial charge in [0.15, 0.2) is 5.54 Å². The van der Waals surface area contributed by atoms with E-state index in [1.807, 2.05) is 36.4 Å². The Bertz CT molecular complexity index is 848. The maximum atomic E-state index is 12.9. The molecule has 5 heteroatoms. The van der Waals surface area contributed by atoms with Gasteiger partial charge in [-0.05, 0) is 24.1 Å². The summed E-state index contributed by atoms with van der Waals surface area (Å²) in [5.74, 6) is -0.00873. The lowest BCUT2D eigenvalue weighted by Gasteiger charge is -2.37. The summed E-state index contributed by atoms with van der Waals surface area (Å²) in [6, 6.07) is 16.7. The fourth-order valence-electron chi connectivity index (χ4n) is 3.56. The lowest BCUT2D eigenvalue weighted by atomic mass is 9.86. The van der Waals surface area contributed by atoms with Crippen LogP contribution in [0.25, 0.3) is 0 Å². The van der Waals surface area contributed by atoms with Crippen molar-refractivity contribution >= 4 is 12.1 Å². The van der Waals surface area contributed by atoms with Crippen LogP contribution in [-0.2, 0) is 16.0 Å². The fraction of sp³-hybridized carbons (Fsp3) is 0.200. The maximum absolute atomic E-state index is 12.9. The van der Waals surface area contributed by atoms with Gasteiger partial charge in [0.25, 0.3) is 0 Å². The van der Waals surface area contributed by atoms with E-state index in [0.717, 1.165) is 5.56 Å². The van der Waals surface area contributed by atoms with Gasteiger partial charge in [0, 0.05) is 6.42 Å². The molecule has 126 valence electrons. The average molecular weight is 335 g/mol. The summed E-state index contributed by atoms with van der Waals surface area (Å²) in [4.78, 5) is 27.0. The van der Waals surface area contributed by atoms with Crippen LogP contribution in [0, 0.1) is 0 Å². The van der Waals surface area contributed by atoms with E-state index in [9.17, 15) is 9.59 Å². The van der Waals surface area contributed by atoms with Crippen LogP contribution >= 0.6 is 0 Å². The minimum absolute atomic E-state index is 0.286. The molecule has 0 aromatic heterocycles. The van der Waals surface area contributed by atoms with Gasteiger partial charge in [-0.15, -0.1) is 6.58 Å². The van der Waals surface area contributed by atoms with E-state index in [1.165, 1.54) is 4.90 Å². The molecule has 1 amide bonds. The highest BCUT2D eigenvalue weighted by Gasteiger charge is 2.60. The summed E-state index contributed by atoms with van der Waals surface area (Å²) in [7, 11) is 0. The number of rotatable bonds is 4. The predicted molar refractivity (Wildman–Crippen MR) is 90.8 cm³/mol. The highest BCUT2D eigenvalue weighted by Crippen LogP contribution is 2.47. The number of nitrogens with zero attached hydrogens (tertiary/aromatic N) is 1. The molecule has 25 heavy (non-hydrogen) atoms. The largest absolute Gasteiger partial charge is 0.435 e. The van der Waals surface area contributed by atoms with E-state index in [2.05, 4.69) is 6.58 Å². The van der Waals surface area contributed by atoms with Crippen molar-refractivity contribution in [1.29, 1.82) is 0 Å². The molecule has 2 heterocycles. The van der Waals surface area contributed by atoms with Crippen LogP contribution in [0.4, 0.5) is 4.79 Å². The van der Waals surface area contributed by atoms with E-state index >= 15 is 0 Å². The first-order valence-corrected chi connectivity index (χ1v) is 8.12. The number of carbonyl (C=O) groups excluding carboxylic acids is 2. The number of para-hydroxylation sites is 1. The molecule has 0 spiro atoms. The SMILES string of the molecule is C=CC[C@]1(Cc2ccccc2)C(=O)O[C@@H]2c3ccccc3OC(=O)N21. The monoisotopic (exact) mass is 335 g/mol. The highest BCUT2D eigenvalue weighted by atomic mass is 16.6. The number of hydrogen-bond donors (Lipinski definition) is 0. The number of fused-ring (bicyclic) bond motifs is 3. The van der Waals surface area contributed by atoms with Gasteiger partial charge >= 0.3 is 12.1 Å². The number of hydrogen-bond acceptors (Lipinski definition) is 4. The van der Waals surface area contributed by atoms with Gasteiger partial charge in [0.1, 0.15) is 5.75 Å². The van der Waals surface area contributed by atoms with E-state index in [0.29, 0.717) is 17.7 Å². The lowest BCUT2D eigenvalue weighted by molar-refractivity contribution is -0.145. The van der Waals surface area contributed by atoms with Crippen molar-refractivity contribution < 1.29 is 19.1 Å². The van der Waals surface area contributed by atoms with Gasteiger partial charge in [0.05, 0.1) is 5.56 Å². The Kier molecular flexibility index (Phi) is 3.57. The summed E-state index contributed by atoms with van der Waals surface area (Å²) in [6.45, 7) is 3.77. The normalized spacial score (nSPS) is 24.2. The van der Waals surface area contributed by atoms with Gasteiger partial charge in [0.2, 0.25) is 6.23 Å². The third kappa shape index (κ3) is 2.31. The summed E-state index contributed by atoms with van der Waals surface area (Å²) >= 11 is 0. The van der Waals surface area contributed by atoms with Gasteiger partial charge in [-0.25, -0.2) is 14.5 Å². The molecule has 5 nitrogen and oxygen atoms in total. The molecule has 1 fully saturated rings. The molecule has 0 saturated carbocycles. The minimum Gasteiger partial charge on any atom is -0.435 e. The van der Waals surface area contributed by atoms with Crippen molar-refractivity contribution in [3.05, 3.63) is 78.4 Å². The molecule has 4 rings (SSSR count). The van der Waals surface area contributed by atoms with Gasteiger partial charge in [-0.2, -0.15) is 0 Å². The van der Waals surface area contributed by atoms with E-state index < -0.39 is 23.8 Å². The Hall–Kier alpha value is -3.08. The Morgan fingerprint density at radius 1 is 1.08 bits per heavy atom. The average Bonchev–Trinajstić information content (AvgIpc) is 2.89. The van der Waals surface area contributed by atoms with Crippen LogP contribution < -0.4 is 4.74 Å². The van der Waals surface area contributed by atoms with Gasteiger partial charge in [-0.3, -0.25) is 0 Å². The standard InChI is InChI=1S/C20H17NO4/c1-2-12-20(13-14-8-4-3-5-9-14)18(22)25-17-15-10-6-7-11-16(15)24-19(23)21(17)20/h2-11,17H,1,12-13H2/t17-,20+/m1/s1. The Labute approximate surface area is 145 Å². The Morgan fingerprint density at radius 3 is 2.56 bits per heavy atom. The zero-order valence-corrected chi connectivity index (χ0v) is 13.6. The summed E-state index contributed by atoms with van der Waals surface area (Å²) < 4.78 is 11.1. The predicted octanol–water partition coefficient (Wildman–Crippen LogP) is 3.61. The maximum Gasteiger partial charge on any atom is 0.419 e. The van der Waals surface area contributed by atoms with Crippen molar-refractivity contribution in [1.82, 2.24) is 4.90 Å². The first-order valence-electron chi connectivity index (χ1n) is 8.12. The third-order valence-corrected chi connectivity index (χ3v) is 4.69. The van der Waals surface area contributed by atoms with Crippen LogP contribution in [0.5, 0.6) is 5.75 Å². The summed E-state index contributed by atoms with van der Waals surface area (Å²) in [5.41, 5.74) is 0.460. The van der Waals surface area contributed by atoms with Gasteiger partial charge in [-0.1, -0.05) is 48.5 Å². The lowest BCUT2D eigenvalue weighted by Crippen LogP contribution is -2.55. The first kappa shape index (κ1) is 15.4.